The summed E-state index contributed by atoms with van der Waals surface area (Å²) < 4.78 is 5.31. The molecule has 1 N–H and O–H groups in total. The van der Waals surface area contributed by atoms with Crippen molar-refractivity contribution in [3.05, 3.63) is 59.2 Å². The van der Waals surface area contributed by atoms with E-state index in [0.29, 0.717) is 31.5 Å². The van der Waals surface area contributed by atoms with Gasteiger partial charge in [0, 0.05) is 36.3 Å². The molecule has 0 aliphatic carbocycles. The van der Waals surface area contributed by atoms with Crippen LogP contribution in [-0.2, 0) is 17.8 Å². The van der Waals surface area contributed by atoms with Crippen molar-refractivity contribution in [1.29, 1.82) is 0 Å². The molecule has 25 heavy (non-hydrogen) atoms. The first-order chi connectivity index (χ1) is 12.2. The third kappa shape index (κ3) is 3.36. The SMILES string of the molecule is CCC(=O)N1CCc2c(C(=O)NCc3ccccc3OC)cccc21. The Hall–Kier alpha value is -2.82. The number of para-hydroxylation sites is 1. The van der Waals surface area contributed by atoms with Crippen molar-refractivity contribution in [2.45, 2.75) is 26.3 Å². The molecule has 0 bridgehead atoms. The summed E-state index contributed by atoms with van der Waals surface area (Å²) in [7, 11) is 1.62. The van der Waals surface area contributed by atoms with Crippen LogP contribution in [-0.4, -0.2) is 25.5 Å². The molecule has 130 valence electrons. The maximum absolute atomic E-state index is 12.7. The number of nitrogens with one attached hydrogen (secondary N) is 1. The van der Waals surface area contributed by atoms with Gasteiger partial charge in [0.2, 0.25) is 5.91 Å². The molecule has 0 fully saturated rings. The highest BCUT2D eigenvalue weighted by molar-refractivity contribution is 6.01. The number of carbonyl (C=O) groups is 2. The van der Waals surface area contributed by atoms with Gasteiger partial charge in [-0.1, -0.05) is 31.2 Å². The molecule has 0 saturated heterocycles. The van der Waals surface area contributed by atoms with Gasteiger partial charge in [0.1, 0.15) is 5.75 Å². The van der Waals surface area contributed by atoms with Crippen LogP contribution in [0.4, 0.5) is 5.69 Å². The fraction of sp³-hybridized carbons (Fsp3) is 0.300. The molecule has 5 nitrogen and oxygen atoms in total. The maximum Gasteiger partial charge on any atom is 0.251 e. The van der Waals surface area contributed by atoms with Crippen molar-refractivity contribution < 1.29 is 14.3 Å². The zero-order chi connectivity index (χ0) is 17.8. The number of anilines is 1. The number of hydrogen-bond acceptors (Lipinski definition) is 3. The third-order valence-corrected chi connectivity index (χ3v) is 4.51. The standard InChI is InChI=1S/C20H22N2O3/c1-3-19(23)22-12-11-15-16(8-6-9-17(15)22)20(24)21-13-14-7-4-5-10-18(14)25-2/h4-10H,3,11-13H2,1-2H3,(H,21,24). The van der Waals surface area contributed by atoms with Crippen molar-refractivity contribution in [2.24, 2.45) is 0 Å². The topological polar surface area (TPSA) is 58.6 Å². The Morgan fingerprint density at radius 1 is 1.16 bits per heavy atom. The van der Waals surface area contributed by atoms with E-state index in [-0.39, 0.29) is 11.8 Å². The van der Waals surface area contributed by atoms with E-state index in [1.165, 1.54) is 0 Å². The maximum atomic E-state index is 12.7. The molecule has 1 aliphatic rings. The number of ether oxygens (including phenoxy) is 1. The van der Waals surface area contributed by atoms with Crippen molar-refractivity contribution in [3.8, 4) is 5.75 Å². The largest absolute Gasteiger partial charge is 0.496 e. The van der Waals surface area contributed by atoms with Crippen LogP contribution in [0.3, 0.4) is 0 Å². The number of hydrogen-bond donors (Lipinski definition) is 1. The lowest BCUT2D eigenvalue weighted by atomic mass is 10.0. The van der Waals surface area contributed by atoms with Gasteiger partial charge in [-0.05, 0) is 30.2 Å². The first-order valence-corrected chi connectivity index (χ1v) is 8.48. The first-order valence-electron chi connectivity index (χ1n) is 8.48. The smallest absolute Gasteiger partial charge is 0.251 e. The Labute approximate surface area is 147 Å². The van der Waals surface area contributed by atoms with Crippen molar-refractivity contribution in [1.82, 2.24) is 5.32 Å². The summed E-state index contributed by atoms with van der Waals surface area (Å²) >= 11 is 0. The fourth-order valence-corrected chi connectivity index (χ4v) is 3.22. The van der Waals surface area contributed by atoms with E-state index in [0.717, 1.165) is 22.6 Å². The zero-order valence-corrected chi connectivity index (χ0v) is 14.5. The molecule has 0 saturated carbocycles. The Bertz CT molecular complexity index is 801. The van der Waals surface area contributed by atoms with Crippen LogP contribution in [0.1, 0.15) is 34.8 Å². The summed E-state index contributed by atoms with van der Waals surface area (Å²) in [5.74, 6) is 0.708. The summed E-state index contributed by atoms with van der Waals surface area (Å²) in [6, 6.07) is 13.2. The molecule has 0 aromatic heterocycles. The van der Waals surface area contributed by atoms with E-state index in [1.54, 1.807) is 12.0 Å². The van der Waals surface area contributed by atoms with Crippen LogP contribution < -0.4 is 15.0 Å². The molecule has 0 unspecified atom stereocenters. The molecule has 0 atom stereocenters. The molecular weight excluding hydrogens is 316 g/mol. The summed E-state index contributed by atoms with van der Waals surface area (Å²) in [6.45, 7) is 2.88. The molecule has 2 aromatic rings. The predicted molar refractivity (Wildman–Crippen MR) is 97.0 cm³/mol. The summed E-state index contributed by atoms with van der Waals surface area (Å²) in [5, 5.41) is 2.96. The molecule has 0 radical (unpaired) electrons. The van der Waals surface area contributed by atoms with Gasteiger partial charge >= 0.3 is 0 Å². The van der Waals surface area contributed by atoms with Crippen molar-refractivity contribution >= 4 is 17.5 Å². The van der Waals surface area contributed by atoms with E-state index >= 15 is 0 Å². The Morgan fingerprint density at radius 3 is 2.72 bits per heavy atom. The Kier molecular flexibility index (Phi) is 5.03. The molecule has 2 aromatic carbocycles. The van der Waals surface area contributed by atoms with E-state index in [1.807, 2.05) is 49.4 Å². The third-order valence-electron chi connectivity index (χ3n) is 4.51. The zero-order valence-electron chi connectivity index (χ0n) is 14.5. The first kappa shape index (κ1) is 17.0. The van der Waals surface area contributed by atoms with Gasteiger partial charge in [0.25, 0.3) is 5.91 Å². The molecule has 0 spiro atoms. The van der Waals surface area contributed by atoms with Crippen LogP contribution >= 0.6 is 0 Å². The van der Waals surface area contributed by atoms with E-state index in [2.05, 4.69) is 5.32 Å². The molecule has 1 heterocycles. The van der Waals surface area contributed by atoms with Gasteiger partial charge in [0.15, 0.2) is 0 Å². The minimum atomic E-state index is -0.131. The highest BCUT2D eigenvalue weighted by atomic mass is 16.5. The number of amides is 2. The van der Waals surface area contributed by atoms with E-state index in [4.69, 9.17) is 4.74 Å². The van der Waals surface area contributed by atoms with Gasteiger partial charge in [-0.25, -0.2) is 0 Å². The summed E-state index contributed by atoms with van der Waals surface area (Å²) in [5.41, 5.74) is 3.37. The highest BCUT2D eigenvalue weighted by Gasteiger charge is 2.27. The predicted octanol–water partition coefficient (Wildman–Crippen LogP) is 2.92. The van der Waals surface area contributed by atoms with Gasteiger partial charge < -0.3 is 15.0 Å². The van der Waals surface area contributed by atoms with Crippen LogP contribution in [0.25, 0.3) is 0 Å². The van der Waals surface area contributed by atoms with E-state index in [9.17, 15) is 9.59 Å². The van der Waals surface area contributed by atoms with E-state index < -0.39 is 0 Å². The highest BCUT2D eigenvalue weighted by Crippen LogP contribution is 2.31. The minimum Gasteiger partial charge on any atom is -0.496 e. The number of rotatable bonds is 5. The normalized spacial score (nSPS) is 12.6. The Morgan fingerprint density at radius 2 is 1.96 bits per heavy atom. The quantitative estimate of drug-likeness (QED) is 0.912. The van der Waals surface area contributed by atoms with Gasteiger partial charge in [0.05, 0.1) is 7.11 Å². The van der Waals surface area contributed by atoms with Gasteiger partial charge in [-0.15, -0.1) is 0 Å². The summed E-state index contributed by atoms with van der Waals surface area (Å²) in [6.07, 6.45) is 1.17. The van der Waals surface area contributed by atoms with Crippen molar-refractivity contribution in [3.63, 3.8) is 0 Å². The number of methoxy groups -OCH3 is 1. The lowest BCUT2D eigenvalue weighted by Gasteiger charge is -2.17. The molecule has 2 amide bonds. The number of nitrogens with zero attached hydrogens (tertiary/aromatic N) is 1. The Balaban J connectivity index is 1.78. The van der Waals surface area contributed by atoms with Crippen LogP contribution in [0.5, 0.6) is 5.75 Å². The average molecular weight is 338 g/mol. The second-order valence-electron chi connectivity index (χ2n) is 5.95. The fourth-order valence-electron chi connectivity index (χ4n) is 3.22. The number of carbonyl (C=O) groups excluding carboxylic acids is 2. The molecule has 3 rings (SSSR count). The van der Waals surface area contributed by atoms with Crippen LogP contribution in [0.15, 0.2) is 42.5 Å². The lowest BCUT2D eigenvalue weighted by Crippen LogP contribution is -2.27. The van der Waals surface area contributed by atoms with Gasteiger partial charge in [-0.2, -0.15) is 0 Å². The average Bonchev–Trinajstić information content (AvgIpc) is 3.09. The lowest BCUT2D eigenvalue weighted by molar-refractivity contribution is -0.118. The van der Waals surface area contributed by atoms with Gasteiger partial charge in [-0.3, -0.25) is 9.59 Å². The minimum absolute atomic E-state index is 0.0883. The van der Waals surface area contributed by atoms with Crippen molar-refractivity contribution in [2.75, 3.05) is 18.6 Å². The van der Waals surface area contributed by atoms with Crippen LogP contribution in [0.2, 0.25) is 0 Å². The summed E-state index contributed by atoms with van der Waals surface area (Å²) in [4.78, 5) is 26.5. The molecule has 5 heteroatoms. The second-order valence-corrected chi connectivity index (χ2v) is 5.95. The van der Waals surface area contributed by atoms with Crippen LogP contribution in [0, 0.1) is 0 Å². The number of fused-ring (bicyclic) bond motifs is 1. The second kappa shape index (κ2) is 7.38. The monoisotopic (exact) mass is 338 g/mol. The molecular formula is C20H22N2O3. The molecule has 1 aliphatic heterocycles. The number of benzene rings is 2.